The van der Waals surface area contributed by atoms with Crippen LogP contribution in [-0.4, -0.2) is 96.7 Å². The van der Waals surface area contributed by atoms with E-state index in [-0.39, 0.29) is 25.7 Å². The van der Waals surface area contributed by atoms with Gasteiger partial charge in [0, 0.05) is 25.7 Å². The van der Waals surface area contributed by atoms with Crippen molar-refractivity contribution in [2.45, 2.75) is 432 Å². The molecule has 0 bridgehead atoms. The second-order valence-corrected chi connectivity index (χ2v) is 31.5. The van der Waals surface area contributed by atoms with E-state index in [4.69, 9.17) is 37.0 Å². The summed E-state index contributed by atoms with van der Waals surface area (Å²) in [7, 11) is -9.90. The number of aliphatic hydroxyl groups excluding tert-OH is 1. The molecule has 0 amide bonds. The van der Waals surface area contributed by atoms with Crippen LogP contribution < -0.4 is 0 Å². The SMILES string of the molecule is CCCCCCCCCCCCCCCCCCCCCCCC(=O)O[C@H](COC(=O)CCCCCCCCCCCCCCCCCCCCCC)COP(=O)(O)OC[C@@H](O)COP(=O)(O)OC[C@@H](COC(=O)CCCCCCC)OC(=O)CCCCCCCCCCC(C)C. The highest BCUT2D eigenvalue weighted by Gasteiger charge is 2.30. The van der Waals surface area contributed by atoms with Gasteiger partial charge in [0.1, 0.15) is 19.3 Å². The van der Waals surface area contributed by atoms with E-state index in [9.17, 15) is 43.2 Å². The Morgan fingerprint density at radius 3 is 0.701 bits per heavy atom. The second kappa shape index (κ2) is 71.1. The largest absolute Gasteiger partial charge is 0.472 e. The Labute approximate surface area is 594 Å². The van der Waals surface area contributed by atoms with E-state index in [1.165, 1.54) is 231 Å². The summed E-state index contributed by atoms with van der Waals surface area (Å²) in [5, 5.41) is 10.6. The highest BCUT2D eigenvalue weighted by Crippen LogP contribution is 2.45. The van der Waals surface area contributed by atoms with Crippen LogP contribution in [0, 0.1) is 5.92 Å². The van der Waals surface area contributed by atoms with E-state index in [1.807, 2.05) is 0 Å². The summed E-state index contributed by atoms with van der Waals surface area (Å²) < 4.78 is 68.3. The van der Waals surface area contributed by atoms with Crippen LogP contribution in [0.1, 0.15) is 413 Å². The van der Waals surface area contributed by atoms with E-state index in [0.29, 0.717) is 25.7 Å². The summed E-state index contributed by atoms with van der Waals surface area (Å²) in [6.07, 6.45) is 61.8. The molecule has 0 saturated carbocycles. The lowest BCUT2D eigenvalue weighted by atomic mass is 10.0. The number of hydrogen-bond acceptors (Lipinski definition) is 15. The van der Waals surface area contributed by atoms with Gasteiger partial charge in [-0.1, -0.05) is 362 Å². The monoisotopic (exact) mass is 1420 g/mol. The van der Waals surface area contributed by atoms with Crippen molar-refractivity contribution in [2.24, 2.45) is 5.92 Å². The lowest BCUT2D eigenvalue weighted by Crippen LogP contribution is -2.30. The topological polar surface area (TPSA) is 237 Å². The minimum atomic E-state index is -4.96. The number of carbonyl (C=O) groups excluding carboxylic acids is 4. The molecule has 0 saturated heterocycles. The standard InChI is InChI=1S/C78H152O17P2/c1-6-9-12-15-17-19-21-23-25-27-29-31-33-35-37-39-41-43-48-53-58-63-77(82)95-74(68-89-76(81)62-57-52-47-42-40-38-36-34-32-30-28-26-24-22-20-18-16-13-10-7-2)70-93-97(86,87)91-66-72(79)65-90-96(84,85)92-69-73(67-88-75(80)61-56-50-14-11-8-3)94-78(83)64-59-54-49-45-44-46-51-55-60-71(4)5/h71-74,79H,6-70H2,1-5H3,(H,84,85)(H,86,87)/t72-,73+,74+/m0/s1. The summed E-state index contributed by atoms with van der Waals surface area (Å²) >= 11 is 0. The molecule has 0 spiro atoms. The molecule has 0 aromatic heterocycles. The number of phosphoric ester groups is 2. The number of unbranched alkanes of at least 4 members (excludes halogenated alkanes) is 50. The number of phosphoric acid groups is 2. The fraction of sp³-hybridized carbons (Fsp3) is 0.949. The molecular formula is C78H152O17P2. The summed E-state index contributed by atoms with van der Waals surface area (Å²) in [5.41, 5.74) is 0. The fourth-order valence-electron chi connectivity index (χ4n) is 12.1. The van der Waals surface area contributed by atoms with Crippen molar-refractivity contribution in [3.63, 3.8) is 0 Å². The van der Waals surface area contributed by atoms with Gasteiger partial charge < -0.3 is 33.8 Å². The number of rotatable bonds is 78. The van der Waals surface area contributed by atoms with E-state index < -0.39 is 97.5 Å². The third kappa shape index (κ3) is 72.2. The molecule has 0 aromatic carbocycles. The molecule has 576 valence electrons. The Balaban J connectivity index is 5.10. The van der Waals surface area contributed by atoms with Crippen LogP contribution in [0.2, 0.25) is 0 Å². The number of esters is 4. The lowest BCUT2D eigenvalue weighted by Gasteiger charge is -2.21. The smallest absolute Gasteiger partial charge is 0.462 e. The average Bonchev–Trinajstić information content (AvgIpc) is 1.76. The molecule has 0 heterocycles. The van der Waals surface area contributed by atoms with Gasteiger partial charge in [0.15, 0.2) is 12.2 Å². The Hall–Kier alpha value is -1.94. The fourth-order valence-corrected chi connectivity index (χ4v) is 13.6. The number of aliphatic hydroxyl groups is 1. The molecule has 0 fully saturated rings. The minimum Gasteiger partial charge on any atom is -0.462 e. The molecule has 0 aromatic rings. The highest BCUT2D eigenvalue weighted by molar-refractivity contribution is 7.47. The molecule has 0 aliphatic carbocycles. The van der Waals surface area contributed by atoms with Crippen LogP contribution >= 0.6 is 15.6 Å². The molecule has 0 radical (unpaired) electrons. The molecule has 0 rings (SSSR count). The van der Waals surface area contributed by atoms with Crippen molar-refractivity contribution in [3.05, 3.63) is 0 Å². The van der Waals surface area contributed by atoms with Crippen LogP contribution in [-0.2, 0) is 65.4 Å². The molecule has 5 atom stereocenters. The summed E-state index contributed by atoms with van der Waals surface area (Å²) in [6.45, 7) is 7.16. The van der Waals surface area contributed by atoms with E-state index in [1.54, 1.807) is 0 Å². The predicted octanol–water partition coefficient (Wildman–Crippen LogP) is 23.3. The van der Waals surface area contributed by atoms with E-state index in [2.05, 4.69) is 34.6 Å². The third-order valence-corrected chi connectivity index (χ3v) is 20.2. The Bertz CT molecular complexity index is 1860. The van der Waals surface area contributed by atoms with Gasteiger partial charge in [0.25, 0.3) is 0 Å². The molecule has 0 aliphatic rings. The summed E-state index contributed by atoms with van der Waals surface area (Å²) in [4.78, 5) is 72.5. The van der Waals surface area contributed by atoms with Crippen LogP contribution in [0.15, 0.2) is 0 Å². The van der Waals surface area contributed by atoms with Gasteiger partial charge in [-0.2, -0.15) is 0 Å². The molecule has 3 N–H and O–H groups in total. The van der Waals surface area contributed by atoms with Crippen LogP contribution in [0.3, 0.4) is 0 Å². The van der Waals surface area contributed by atoms with Crippen molar-refractivity contribution in [2.75, 3.05) is 39.6 Å². The predicted molar refractivity (Wildman–Crippen MR) is 395 cm³/mol. The first kappa shape index (κ1) is 95.1. The Morgan fingerprint density at radius 2 is 0.474 bits per heavy atom. The normalized spacial score (nSPS) is 13.9. The Morgan fingerprint density at radius 1 is 0.278 bits per heavy atom. The third-order valence-electron chi connectivity index (χ3n) is 18.3. The number of ether oxygens (including phenoxy) is 4. The molecular weight excluding hydrogens is 1270 g/mol. The first-order valence-corrected chi connectivity index (χ1v) is 43.6. The van der Waals surface area contributed by atoms with Crippen molar-refractivity contribution in [1.82, 2.24) is 0 Å². The van der Waals surface area contributed by atoms with Crippen LogP contribution in [0.25, 0.3) is 0 Å². The van der Waals surface area contributed by atoms with Crippen molar-refractivity contribution in [1.29, 1.82) is 0 Å². The van der Waals surface area contributed by atoms with Gasteiger partial charge in [-0.05, 0) is 31.6 Å². The molecule has 17 nitrogen and oxygen atoms in total. The van der Waals surface area contributed by atoms with Gasteiger partial charge in [-0.25, -0.2) is 9.13 Å². The molecule has 97 heavy (non-hydrogen) atoms. The maximum Gasteiger partial charge on any atom is 0.472 e. The van der Waals surface area contributed by atoms with Gasteiger partial charge >= 0.3 is 39.5 Å². The second-order valence-electron chi connectivity index (χ2n) is 28.6. The minimum absolute atomic E-state index is 0.104. The van der Waals surface area contributed by atoms with Crippen molar-refractivity contribution in [3.8, 4) is 0 Å². The molecule has 19 heteroatoms. The number of carbonyl (C=O) groups is 4. The zero-order valence-electron chi connectivity index (χ0n) is 63.2. The van der Waals surface area contributed by atoms with Crippen LogP contribution in [0.5, 0.6) is 0 Å². The maximum atomic E-state index is 13.1. The Kier molecular flexibility index (Phi) is 69.6. The summed E-state index contributed by atoms with van der Waals surface area (Å²) in [5.74, 6) is -1.41. The maximum absolute atomic E-state index is 13.1. The van der Waals surface area contributed by atoms with Gasteiger partial charge in [0.2, 0.25) is 0 Å². The van der Waals surface area contributed by atoms with Gasteiger partial charge in [-0.15, -0.1) is 0 Å². The van der Waals surface area contributed by atoms with Gasteiger partial charge in [-0.3, -0.25) is 37.3 Å². The zero-order valence-corrected chi connectivity index (χ0v) is 65.0. The average molecular weight is 1420 g/mol. The zero-order chi connectivity index (χ0) is 71.2. The van der Waals surface area contributed by atoms with Gasteiger partial charge in [0.05, 0.1) is 26.4 Å². The quantitative estimate of drug-likeness (QED) is 0.0222. The number of hydrogen-bond donors (Lipinski definition) is 3. The molecule has 0 aliphatic heterocycles. The lowest BCUT2D eigenvalue weighted by molar-refractivity contribution is -0.161. The van der Waals surface area contributed by atoms with Crippen molar-refractivity contribution < 1.29 is 80.2 Å². The van der Waals surface area contributed by atoms with E-state index >= 15 is 0 Å². The first-order valence-electron chi connectivity index (χ1n) is 40.6. The molecule has 2 unspecified atom stereocenters. The van der Waals surface area contributed by atoms with Crippen molar-refractivity contribution >= 4 is 39.5 Å². The highest BCUT2D eigenvalue weighted by atomic mass is 31.2. The summed E-state index contributed by atoms with van der Waals surface area (Å²) in [6, 6.07) is 0. The first-order chi connectivity index (χ1) is 47.0. The van der Waals surface area contributed by atoms with E-state index in [0.717, 1.165) is 102 Å². The van der Waals surface area contributed by atoms with Crippen LogP contribution in [0.4, 0.5) is 0 Å².